The first-order valence-electron chi connectivity index (χ1n) is 7.17. The predicted molar refractivity (Wildman–Crippen MR) is 76.7 cm³/mol. The Morgan fingerprint density at radius 3 is 2.95 bits per heavy atom. The van der Waals surface area contributed by atoms with Gasteiger partial charge in [-0.2, -0.15) is 0 Å². The van der Waals surface area contributed by atoms with E-state index < -0.39 is 0 Å². The van der Waals surface area contributed by atoms with Gasteiger partial charge in [-0.1, -0.05) is 6.92 Å². The largest absolute Gasteiger partial charge is 0.378 e. The maximum absolute atomic E-state index is 12.1. The van der Waals surface area contributed by atoms with Crippen molar-refractivity contribution in [2.45, 2.75) is 45.3 Å². The number of aromatic nitrogens is 2. The van der Waals surface area contributed by atoms with Crippen LogP contribution in [0.3, 0.4) is 0 Å². The van der Waals surface area contributed by atoms with Crippen molar-refractivity contribution in [3.63, 3.8) is 0 Å². The zero-order valence-corrected chi connectivity index (χ0v) is 12.1. The Balaban J connectivity index is 1.88. The Bertz CT molecular complexity index is 435. The quantitative estimate of drug-likeness (QED) is 0.855. The van der Waals surface area contributed by atoms with Gasteiger partial charge in [-0.3, -0.25) is 4.79 Å². The molecule has 1 aromatic rings. The van der Waals surface area contributed by atoms with Gasteiger partial charge in [-0.05, 0) is 26.2 Å². The Morgan fingerprint density at radius 2 is 2.30 bits per heavy atom. The number of ether oxygens (including phenoxy) is 1. The molecule has 0 aromatic carbocycles. The average molecular weight is 278 g/mol. The second-order valence-electron chi connectivity index (χ2n) is 5.09. The van der Waals surface area contributed by atoms with Crippen LogP contribution in [-0.4, -0.2) is 41.2 Å². The molecule has 1 saturated heterocycles. The van der Waals surface area contributed by atoms with Crippen LogP contribution in [0.4, 0.5) is 5.82 Å². The minimum Gasteiger partial charge on any atom is -0.378 e. The van der Waals surface area contributed by atoms with E-state index in [2.05, 4.69) is 27.5 Å². The van der Waals surface area contributed by atoms with Crippen LogP contribution in [0.1, 0.15) is 43.6 Å². The van der Waals surface area contributed by atoms with Gasteiger partial charge in [0.05, 0.1) is 18.5 Å². The lowest BCUT2D eigenvalue weighted by molar-refractivity contribution is 0.0136. The van der Waals surface area contributed by atoms with Gasteiger partial charge in [0.1, 0.15) is 11.5 Å². The highest BCUT2D eigenvalue weighted by Crippen LogP contribution is 2.13. The summed E-state index contributed by atoms with van der Waals surface area (Å²) in [7, 11) is 0. The molecule has 6 heteroatoms. The number of rotatable bonds is 5. The SMILES string of the molecule is CCCNc1cnc(C(=O)NC2CCOC(C)C2)cn1. The van der Waals surface area contributed by atoms with Crippen molar-refractivity contribution in [2.24, 2.45) is 0 Å². The standard InChI is InChI=1S/C14H22N4O2/c1-3-5-15-13-9-16-12(8-17-13)14(19)18-11-4-6-20-10(2)7-11/h8-11H,3-7H2,1-2H3,(H,15,17)(H,18,19). The molecule has 6 nitrogen and oxygen atoms in total. The molecule has 0 spiro atoms. The first kappa shape index (κ1) is 14.7. The molecule has 110 valence electrons. The van der Waals surface area contributed by atoms with Crippen molar-refractivity contribution >= 4 is 11.7 Å². The van der Waals surface area contributed by atoms with E-state index >= 15 is 0 Å². The van der Waals surface area contributed by atoms with Gasteiger partial charge < -0.3 is 15.4 Å². The summed E-state index contributed by atoms with van der Waals surface area (Å²) in [5.74, 6) is 0.529. The molecule has 2 rings (SSSR count). The second-order valence-corrected chi connectivity index (χ2v) is 5.09. The maximum Gasteiger partial charge on any atom is 0.271 e. The molecule has 1 aromatic heterocycles. The van der Waals surface area contributed by atoms with Gasteiger partial charge >= 0.3 is 0 Å². The van der Waals surface area contributed by atoms with Gasteiger partial charge in [0, 0.05) is 19.2 Å². The lowest BCUT2D eigenvalue weighted by Gasteiger charge is -2.27. The lowest BCUT2D eigenvalue weighted by Crippen LogP contribution is -2.41. The molecule has 0 bridgehead atoms. The lowest BCUT2D eigenvalue weighted by atomic mass is 10.0. The summed E-state index contributed by atoms with van der Waals surface area (Å²) in [5, 5.41) is 6.11. The molecule has 1 aliphatic heterocycles. The number of hydrogen-bond donors (Lipinski definition) is 2. The van der Waals surface area contributed by atoms with Gasteiger partial charge in [0.15, 0.2) is 0 Å². The number of carbonyl (C=O) groups is 1. The fourth-order valence-corrected chi connectivity index (χ4v) is 2.18. The van der Waals surface area contributed by atoms with E-state index in [9.17, 15) is 4.79 Å². The number of nitrogens with one attached hydrogen (secondary N) is 2. The van der Waals surface area contributed by atoms with Crippen LogP contribution in [0, 0.1) is 0 Å². The molecule has 2 heterocycles. The van der Waals surface area contributed by atoms with E-state index in [0.717, 1.165) is 25.8 Å². The summed E-state index contributed by atoms with van der Waals surface area (Å²) in [5.41, 5.74) is 0.353. The number of anilines is 1. The number of carbonyl (C=O) groups excluding carboxylic acids is 1. The summed E-state index contributed by atoms with van der Waals surface area (Å²) in [4.78, 5) is 20.4. The summed E-state index contributed by atoms with van der Waals surface area (Å²) in [6.07, 6.45) is 6.01. The zero-order chi connectivity index (χ0) is 14.4. The molecule has 0 radical (unpaired) electrons. The molecule has 20 heavy (non-hydrogen) atoms. The van der Waals surface area contributed by atoms with Crippen LogP contribution in [0.5, 0.6) is 0 Å². The molecule has 2 atom stereocenters. The van der Waals surface area contributed by atoms with Crippen LogP contribution in [0.15, 0.2) is 12.4 Å². The van der Waals surface area contributed by atoms with Crippen molar-refractivity contribution in [3.05, 3.63) is 18.1 Å². The van der Waals surface area contributed by atoms with Crippen molar-refractivity contribution in [1.29, 1.82) is 0 Å². The first-order chi connectivity index (χ1) is 9.69. The highest BCUT2D eigenvalue weighted by Gasteiger charge is 2.21. The highest BCUT2D eigenvalue weighted by molar-refractivity contribution is 5.92. The average Bonchev–Trinajstić information content (AvgIpc) is 2.45. The molecule has 0 saturated carbocycles. The van der Waals surface area contributed by atoms with Crippen molar-refractivity contribution < 1.29 is 9.53 Å². The third-order valence-corrected chi connectivity index (χ3v) is 3.26. The molecule has 1 amide bonds. The second kappa shape index (κ2) is 7.19. The van der Waals surface area contributed by atoms with Crippen LogP contribution >= 0.6 is 0 Å². The molecular formula is C14H22N4O2. The van der Waals surface area contributed by atoms with E-state index in [1.165, 1.54) is 6.20 Å². The van der Waals surface area contributed by atoms with Gasteiger partial charge in [-0.15, -0.1) is 0 Å². The van der Waals surface area contributed by atoms with Crippen molar-refractivity contribution in [2.75, 3.05) is 18.5 Å². The van der Waals surface area contributed by atoms with Gasteiger partial charge in [-0.25, -0.2) is 9.97 Å². The van der Waals surface area contributed by atoms with Gasteiger partial charge in [0.2, 0.25) is 0 Å². The molecule has 2 unspecified atom stereocenters. The molecule has 0 aliphatic carbocycles. The normalized spacial score (nSPS) is 22.3. The fourth-order valence-electron chi connectivity index (χ4n) is 2.18. The topological polar surface area (TPSA) is 76.1 Å². The maximum atomic E-state index is 12.1. The molecule has 2 N–H and O–H groups in total. The third kappa shape index (κ3) is 4.16. The highest BCUT2D eigenvalue weighted by atomic mass is 16.5. The number of nitrogens with zero attached hydrogens (tertiary/aromatic N) is 2. The Hall–Kier alpha value is -1.69. The Labute approximate surface area is 119 Å². The third-order valence-electron chi connectivity index (χ3n) is 3.26. The van der Waals surface area contributed by atoms with Crippen LogP contribution in [0.2, 0.25) is 0 Å². The summed E-state index contributed by atoms with van der Waals surface area (Å²) in [6.45, 7) is 5.64. The van der Waals surface area contributed by atoms with E-state index in [1.54, 1.807) is 6.20 Å². The summed E-state index contributed by atoms with van der Waals surface area (Å²) >= 11 is 0. The van der Waals surface area contributed by atoms with E-state index in [-0.39, 0.29) is 18.1 Å². The smallest absolute Gasteiger partial charge is 0.271 e. The summed E-state index contributed by atoms with van der Waals surface area (Å²) in [6, 6.07) is 0.158. The monoisotopic (exact) mass is 278 g/mol. The van der Waals surface area contributed by atoms with E-state index in [1.807, 2.05) is 6.92 Å². The number of hydrogen-bond acceptors (Lipinski definition) is 5. The summed E-state index contributed by atoms with van der Waals surface area (Å²) < 4.78 is 5.46. The minimum absolute atomic E-state index is 0.158. The van der Waals surface area contributed by atoms with Crippen LogP contribution in [-0.2, 0) is 4.74 Å². The fraction of sp³-hybridized carbons (Fsp3) is 0.643. The van der Waals surface area contributed by atoms with Crippen molar-refractivity contribution in [3.8, 4) is 0 Å². The Kier molecular flexibility index (Phi) is 5.29. The molecule has 1 fully saturated rings. The van der Waals surface area contributed by atoms with Gasteiger partial charge in [0.25, 0.3) is 5.91 Å². The van der Waals surface area contributed by atoms with E-state index in [0.29, 0.717) is 18.1 Å². The van der Waals surface area contributed by atoms with Crippen molar-refractivity contribution in [1.82, 2.24) is 15.3 Å². The first-order valence-corrected chi connectivity index (χ1v) is 7.17. The van der Waals surface area contributed by atoms with Crippen LogP contribution < -0.4 is 10.6 Å². The van der Waals surface area contributed by atoms with E-state index in [4.69, 9.17) is 4.74 Å². The minimum atomic E-state index is -0.168. The Morgan fingerprint density at radius 1 is 1.45 bits per heavy atom. The molecule has 1 aliphatic rings. The zero-order valence-electron chi connectivity index (χ0n) is 12.1. The van der Waals surface area contributed by atoms with Crippen LogP contribution in [0.25, 0.3) is 0 Å². The predicted octanol–water partition coefficient (Wildman–Crippen LogP) is 1.60. The number of amides is 1. The molecular weight excluding hydrogens is 256 g/mol.